The Kier molecular flexibility index (Phi) is 7.98. The minimum absolute atomic E-state index is 0.0591. The molecule has 6 rings (SSSR count). The number of aromatic nitrogens is 1. The van der Waals surface area contributed by atoms with E-state index >= 15 is 0 Å². The van der Waals surface area contributed by atoms with Gasteiger partial charge in [-0.05, 0) is 83.1 Å². The van der Waals surface area contributed by atoms with E-state index in [0.717, 1.165) is 43.4 Å². The van der Waals surface area contributed by atoms with Crippen LogP contribution in [0.4, 0.5) is 9.59 Å². The van der Waals surface area contributed by atoms with Crippen LogP contribution in [0.5, 0.6) is 5.75 Å². The van der Waals surface area contributed by atoms with Crippen molar-refractivity contribution in [3.05, 3.63) is 29.5 Å². The molecule has 3 fully saturated rings. The molecule has 2 aromatic rings. The minimum Gasteiger partial charge on any atom is -0.410 e. The normalized spacial score (nSPS) is 25.9. The predicted octanol–water partition coefficient (Wildman–Crippen LogP) is 3.17. The number of benzene rings is 1. The number of rotatable bonds is 8. The monoisotopic (exact) mass is 524 g/mol. The van der Waals surface area contributed by atoms with E-state index in [2.05, 4.69) is 27.4 Å². The molecule has 0 spiro atoms. The van der Waals surface area contributed by atoms with Crippen molar-refractivity contribution < 1.29 is 14.3 Å². The van der Waals surface area contributed by atoms with Gasteiger partial charge in [-0.1, -0.05) is 13.3 Å². The maximum absolute atomic E-state index is 13.8. The topological polar surface area (TPSA) is 82.1 Å². The number of fused-ring (bicyclic) bond motifs is 4. The van der Waals surface area contributed by atoms with Gasteiger partial charge in [0, 0.05) is 62.3 Å². The van der Waals surface area contributed by atoms with Crippen LogP contribution in [0.15, 0.2) is 18.2 Å². The number of nitrogens with zero attached hydrogens (tertiary/aromatic N) is 4. The van der Waals surface area contributed by atoms with Gasteiger partial charge in [0.25, 0.3) is 0 Å². The van der Waals surface area contributed by atoms with E-state index < -0.39 is 6.09 Å². The summed E-state index contributed by atoms with van der Waals surface area (Å²) >= 11 is 0. The quantitative estimate of drug-likeness (QED) is 0.552. The summed E-state index contributed by atoms with van der Waals surface area (Å²) in [5.74, 6) is 2.21. The zero-order chi connectivity index (χ0) is 27.0. The molecule has 1 aliphatic carbocycles. The van der Waals surface area contributed by atoms with E-state index in [0.29, 0.717) is 42.6 Å². The summed E-state index contributed by atoms with van der Waals surface area (Å²) in [5, 5.41) is 7.01. The molecule has 2 N–H and O–H groups in total. The van der Waals surface area contributed by atoms with Crippen LogP contribution in [0, 0.1) is 11.8 Å². The van der Waals surface area contributed by atoms with Gasteiger partial charge in [-0.3, -0.25) is 9.47 Å². The fourth-order valence-corrected chi connectivity index (χ4v) is 7.10. The Hall–Kier alpha value is -2.62. The van der Waals surface area contributed by atoms with Gasteiger partial charge in [-0.2, -0.15) is 0 Å². The lowest BCUT2D eigenvalue weighted by Gasteiger charge is -2.53. The zero-order valence-corrected chi connectivity index (χ0v) is 23.6. The minimum atomic E-state index is -0.455. The highest BCUT2D eigenvalue weighted by Gasteiger charge is 2.49. The summed E-state index contributed by atoms with van der Waals surface area (Å²) in [6.07, 6.45) is 4.07. The van der Waals surface area contributed by atoms with Gasteiger partial charge < -0.3 is 25.2 Å². The maximum Gasteiger partial charge on any atom is 0.412 e. The first kappa shape index (κ1) is 27.0. The molecule has 0 radical (unpaired) electrons. The molecule has 2 unspecified atom stereocenters. The van der Waals surface area contributed by atoms with E-state index in [-0.39, 0.29) is 6.03 Å². The molecule has 1 aromatic carbocycles. The lowest BCUT2D eigenvalue weighted by atomic mass is 9.65. The predicted molar refractivity (Wildman–Crippen MR) is 150 cm³/mol. The molecule has 4 bridgehead atoms. The average Bonchev–Trinajstić information content (AvgIpc) is 3.14. The van der Waals surface area contributed by atoms with Crippen molar-refractivity contribution >= 4 is 23.0 Å². The Labute approximate surface area is 226 Å². The van der Waals surface area contributed by atoms with Crippen LogP contribution < -0.4 is 15.4 Å². The molecule has 9 heteroatoms. The number of nitrogens with one attached hydrogen (secondary N) is 2. The first-order valence-corrected chi connectivity index (χ1v) is 14.2. The van der Waals surface area contributed by atoms with Crippen LogP contribution in [0.2, 0.25) is 0 Å². The second-order valence-corrected chi connectivity index (χ2v) is 11.9. The molecule has 2 amide bonds. The summed E-state index contributed by atoms with van der Waals surface area (Å²) < 4.78 is 7.62. The molecule has 1 aromatic heterocycles. The van der Waals surface area contributed by atoms with E-state index in [4.69, 9.17) is 4.74 Å². The van der Waals surface area contributed by atoms with E-state index in [9.17, 15) is 9.59 Å². The number of hydrogen-bond donors (Lipinski definition) is 2. The Morgan fingerprint density at radius 1 is 1.05 bits per heavy atom. The molecule has 4 heterocycles. The van der Waals surface area contributed by atoms with Crippen LogP contribution >= 0.6 is 0 Å². The Morgan fingerprint density at radius 3 is 2.50 bits per heavy atom. The fourth-order valence-electron chi connectivity index (χ4n) is 7.10. The number of amides is 2. The van der Waals surface area contributed by atoms with Crippen molar-refractivity contribution in [3.63, 3.8) is 0 Å². The van der Waals surface area contributed by atoms with Gasteiger partial charge in [0.1, 0.15) is 5.75 Å². The maximum atomic E-state index is 13.8. The van der Waals surface area contributed by atoms with Gasteiger partial charge in [-0.25, -0.2) is 9.59 Å². The number of ether oxygens (including phenoxy) is 1. The van der Waals surface area contributed by atoms with Crippen molar-refractivity contribution in [2.24, 2.45) is 11.8 Å². The number of likely N-dealkylation sites (N-methyl/N-ethyl adjacent to an activating group) is 2. The first-order chi connectivity index (χ1) is 18.3. The Morgan fingerprint density at radius 2 is 1.79 bits per heavy atom. The van der Waals surface area contributed by atoms with Gasteiger partial charge in [0.2, 0.25) is 0 Å². The van der Waals surface area contributed by atoms with E-state index in [1.807, 2.05) is 55.9 Å². The standard InChI is InChI=1S/C29H44N6O3/c1-6-20-15-19-16-24-26(20)34(18-19)12-9-22-23-17-21(38-29(37)31-11-14-33(4)5)7-8-25(23)35(27(22)24)28(36)30-10-13-32(2)3/h7-8,17,19-20,24,26H,6,9-16,18H2,1-5H3,(H,30,36)(H,31,37)/t19-,20-,24+,26?/m0/s1. The SMILES string of the molecule is CC[C@H]1C[C@H]2C[C@H]3c4c(c5cc(OC(=O)NCCN(C)C)ccc5n4C(=O)NCCN(C)C)CCN(C2)C13. The average molecular weight is 525 g/mol. The molecular weight excluding hydrogens is 480 g/mol. The van der Waals surface area contributed by atoms with Crippen molar-refractivity contribution in [3.8, 4) is 5.75 Å². The fraction of sp³-hybridized carbons (Fsp3) is 0.655. The highest BCUT2D eigenvalue weighted by molar-refractivity contribution is 5.96. The van der Waals surface area contributed by atoms with Gasteiger partial charge in [-0.15, -0.1) is 0 Å². The van der Waals surface area contributed by atoms with Crippen molar-refractivity contribution in [2.45, 2.75) is 44.6 Å². The van der Waals surface area contributed by atoms with Crippen molar-refractivity contribution in [2.75, 3.05) is 67.5 Å². The molecule has 1 saturated carbocycles. The molecule has 38 heavy (non-hydrogen) atoms. The Balaban J connectivity index is 1.52. The Bertz CT molecular complexity index is 1170. The lowest BCUT2D eigenvalue weighted by molar-refractivity contribution is -0.0138. The summed E-state index contributed by atoms with van der Waals surface area (Å²) in [6.45, 7) is 7.14. The number of hydrogen-bond acceptors (Lipinski definition) is 6. The van der Waals surface area contributed by atoms with Crippen molar-refractivity contribution in [1.82, 2.24) is 29.9 Å². The lowest BCUT2D eigenvalue weighted by Crippen LogP contribution is -2.56. The second kappa shape index (κ2) is 11.2. The van der Waals surface area contributed by atoms with E-state index in [1.165, 1.54) is 30.6 Å². The third-order valence-electron chi connectivity index (χ3n) is 8.72. The highest BCUT2D eigenvalue weighted by Crippen LogP contribution is 2.52. The zero-order valence-electron chi connectivity index (χ0n) is 23.6. The van der Waals surface area contributed by atoms with Crippen LogP contribution in [-0.2, 0) is 6.42 Å². The molecule has 3 aliphatic heterocycles. The van der Waals surface area contributed by atoms with Crippen LogP contribution in [0.25, 0.3) is 10.9 Å². The molecule has 9 nitrogen and oxygen atoms in total. The number of carbonyl (C=O) groups excluding carboxylic acids is 2. The largest absolute Gasteiger partial charge is 0.412 e. The molecule has 208 valence electrons. The summed E-state index contributed by atoms with van der Waals surface area (Å²) in [6, 6.07) is 6.15. The number of carbonyl (C=O) groups is 2. The molecule has 2 saturated heterocycles. The van der Waals surface area contributed by atoms with Crippen LogP contribution in [0.3, 0.4) is 0 Å². The van der Waals surface area contributed by atoms with Gasteiger partial charge >= 0.3 is 12.1 Å². The number of piperidine rings is 2. The third-order valence-corrected chi connectivity index (χ3v) is 8.72. The highest BCUT2D eigenvalue weighted by atomic mass is 16.6. The molecule has 5 atom stereocenters. The first-order valence-electron chi connectivity index (χ1n) is 14.2. The van der Waals surface area contributed by atoms with Gasteiger partial charge in [0.05, 0.1) is 5.52 Å². The second-order valence-electron chi connectivity index (χ2n) is 11.9. The van der Waals surface area contributed by atoms with Crippen molar-refractivity contribution in [1.29, 1.82) is 0 Å². The summed E-state index contributed by atoms with van der Waals surface area (Å²) in [7, 11) is 7.96. The molecule has 4 aliphatic rings. The third kappa shape index (κ3) is 5.28. The summed E-state index contributed by atoms with van der Waals surface area (Å²) in [5.41, 5.74) is 3.34. The molecular formula is C29H44N6O3. The van der Waals surface area contributed by atoms with Gasteiger partial charge in [0.15, 0.2) is 0 Å². The smallest absolute Gasteiger partial charge is 0.410 e. The van der Waals surface area contributed by atoms with E-state index in [1.54, 1.807) is 0 Å². The van der Waals surface area contributed by atoms with Crippen LogP contribution in [0.1, 0.15) is 43.4 Å². The van der Waals surface area contributed by atoms with Crippen LogP contribution in [-0.4, -0.2) is 105 Å². The summed E-state index contributed by atoms with van der Waals surface area (Å²) in [4.78, 5) is 33.0.